The third kappa shape index (κ3) is 2.98. The van der Waals surface area contributed by atoms with Gasteiger partial charge in [0.05, 0.1) is 15.6 Å². The van der Waals surface area contributed by atoms with E-state index in [9.17, 15) is 0 Å². The van der Waals surface area contributed by atoms with E-state index in [1.165, 1.54) is 42.0 Å². The van der Waals surface area contributed by atoms with Crippen molar-refractivity contribution in [3.8, 4) is 10.6 Å². The fourth-order valence-corrected chi connectivity index (χ4v) is 4.47. The second-order valence-electron chi connectivity index (χ2n) is 4.97. The second kappa shape index (κ2) is 6.01. The number of hydrogen-bond donors (Lipinski definition) is 1. The van der Waals surface area contributed by atoms with E-state index < -0.39 is 0 Å². The molecular weight excluding hydrogens is 274 g/mol. The van der Waals surface area contributed by atoms with E-state index in [4.69, 9.17) is 0 Å². The summed E-state index contributed by atoms with van der Waals surface area (Å²) < 4.78 is 0. The Labute approximate surface area is 122 Å². The number of aromatic nitrogens is 2. The zero-order valence-corrected chi connectivity index (χ0v) is 12.8. The molecule has 2 aromatic heterocycles. The lowest BCUT2D eigenvalue weighted by Crippen LogP contribution is -2.03. The van der Waals surface area contributed by atoms with Crippen LogP contribution in [0.3, 0.4) is 0 Å². The second-order valence-corrected chi connectivity index (χ2v) is 6.89. The Morgan fingerprint density at radius 1 is 1.32 bits per heavy atom. The molecule has 3 nitrogen and oxygen atoms in total. The molecule has 0 saturated heterocycles. The van der Waals surface area contributed by atoms with E-state index >= 15 is 0 Å². The minimum absolute atomic E-state index is 0.694. The molecule has 0 spiro atoms. The highest BCUT2D eigenvalue weighted by molar-refractivity contribution is 7.16. The van der Waals surface area contributed by atoms with Crippen molar-refractivity contribution in [3.05, 3.63) is 16.6 Å². The average Bonchev–Trinajstić information content (AvgIpc) is 3.08. The zero-order chi connectivity index (χ0) is 13.1. The molecule has 1 aliphatic carbocycles. The highest BCUT2D eigenvalue weighted by Crippen LogP contribution is 2.37. The molecule has 0 unspecified atom stereocenters. The van der Waals surface area contributed by atoms with E-state index in [-0.39, 0.29) is 0 Å². The molecule has 1 saturated carbocycles. The number of nitrogens with one attached hydrogen (secondary N) is 1. The Hall–Kier alpha value is -0.940. The maximum atomic E-state index is 4.63. The van der Waals surface area contributed by atoms with Crippen LogP contribution in [-0.4, -0.2) is 16.5 Å². The zero-order valence-electron chi connectivity index (χ0n) is 11.2. The maximum absolute atomic E-state index is 4.63. The van der Waals surface area contributed by atoms with Crippen LogP contribution >= 0.6 is 22.7 Å². The third-order valence-corrected chi connectivity index (χ3v) is 5.54. The lowest BCUT2D eigenvalue weighted by molar-refractivity contribution is 0.442. The lowest BCUT2D eigenvalue weighted by Gasteiger charge is -2.18. The SMILES string of the molecule is CCNc1nc(-c2cnc(C3CCCCC3)s2)cs1. The largest absolute Gasteiger partial charge is 0.362 e. The maximum Gasteiger partial charge on any atom is 0.183 e. The number of nitrogens with zero attached hydrogens (tertiary/aromatic N) is 2. The number of anilines is 1. The van der Waals surface area contributed by atoms with Crippen LogP contribution in [-0.2, 0) is 0 Å². The molecule has 0 aliphatic heterocycles. The summed E-state index contributed by atoms with van der Waals surface area (Å²) in [6, 6.07) is 0. The monoisotopic (exact) mass is 293 g/mol. The molecule has 3 rings (SSSR count). The molecule has 0 atom stereocenters. The molecule has 5 heteroatoms. The summed E-state index contributed by atoms with van der Waals surface area (Å²) in [4.78, 5) is 10.4. The summed E-state index contributed by atoms with van der Waals surface area (Å²) in [7, 11) is 0. The minimum atomic E-state index is 0.694. The summed E-state index contributed by atoms with van der Waals surface area (Å²) in [5, 5.41) is 7.70. The van der Waals surface area contributed by atoms with Crippen molar-refractivity contribution in [2.75, 3.05) is 11.9 Å². The van der Waals surface area contributed by atoms with Crippen molar-refractivity contribution >= 4 is 27.8 Å². The molecule has 102 valence electrons. The van der Waals surface area contributed by atoms with Crippen LogP contribution in [0.2, 0.25) is 0 Å². The molecule has 1 fully saturated rings. The standard InChI is InChI=1S/C14H19N3S2/c1-2-15-14-17-11(9-18-14)12-8-16-13(19-12)10-6-4-3-5-7-10/h8-10H,2-7H2,1H3,(H,15,17). The van der Waals surface area contributed by atoms with Gasteiger partial charge in [0.1, 0.15) is 0 Å². The first-order valence-corrected chi connectivity index (χ1v) is 8.72. The van der Waals surface area contributed by atoms with Crippen LogP contribution < -0.4 is 5.32 Å². The topological polar surface area (TPSA) is 37.8 Å². The van der Waals surface area contributed by atoms with E-state index in [0.717, 1.165) is 17.4 Å². The van der Waals surface area contributed by atoms with Gasteiger partial charge in [0.2, 0.25) is 0 Å². The van der Waals surface area contributed by atoms with Crippen molar-refractivity contribution in [2.45, 2.75) is 44.9 Å². The Balaban J connectivity index is 1.75. The summed E-state index contributed by atoms with van der Waals surface area (Å²) in [6.07, 6.45) is 8.74. The Bertz CT molecular complexity index is 526. The number of thiazole rings is 2. The molecule has 1 N–H and O–H groups in total. The molecule has 1 aliphatic rings. The van der Waals surface area contributed by atoms with Crippen LogP contribution in [0.4, 0.5) is 5.13 Å². The molecule has 0 radical (unpaired) electrons. The molecule has 0 amide bonds. The molecular formula is C14H19N3S2. The van der Waals surface area contributed by atoms with Crippen molar-refractivity contribution in [3.63, 3.8) is 0 Å². The summed E-state index contributed by atoms with van der Waals surface area (Å²) in [5.41, 5.74) is 1.07. The molecule has 19 heavy (non-hydrogen) atoms. The normalized spacial score (nSPS) is 16.7. The Kier molecular flexibility index (Phi) is 4.13. The first-order valence-electron chi connectivity index (χ1n) is 7.02. The van der Waals surface area contributed by atoms with Crippen LogP contribution in [0.5, 0.6) is 0 Å². The van der Waals surface area contributed by atoms with Gasteiger partial charge in [-0.3, -0.25) is 0 Å². The van der Waals surface area contributed by atoms with E-state index in [1.807, 2.05) is 17.5 Å². The van der Waals surface area contributed by atoms with E-state index in [0.29, 0.717) is 5.92 Å². The van der Waals surface area contributed by atoms with Gasteiger partial charge >= 0.3 is 0 Å². The van der Waals surface area contributed by atoms with Crippen LogP contribution in [0, 0.1) is 0 Å². The quantitative estimate of drug-likeness (QED) is 0.884. The smallest absolute Gasteiger partial charge is 0.183 e. The van der Waals surface area contributed by atoms with Crippen molar-refractivity contribution in [2.24, 2.45) is 0 Å². The third-order valence-electron chi connectivity index (χ3n) is 3.56. The molecule has 2 aromatic rings. The van der Waals surface area contributed by atoms with Gasteiger partial charge in [-0.1, -0.05) is 19.3 Å². The van der Waals surface area contributed by atoms with E-state index in [1.54, 1.807) is 11.3 Å². The molecule has 0 bridgehead atoms. The Morgan fingerprint density at radius 2 is 2.16 bits per heavy atom. The van der Waals surface area contributed by atoms with Gasteiger partial charge in [0.15, 0.2) is 5.13 Å². The summed E-state index contributed by atoms with van der Waals surface area (Å²) in [6.45, 7) is 3.01. The van der Waals surface area contributed by atoms with Crippen LogP contribution in [0.1, 0.15) is 50.0 Å². The van der Waals surface area contributed by atoms with Crippen molar-refractivity contribution in [1.82, 2.24) is 9.97 Å². The fraction of sp³-hybridized carbons (Fsp3) is 0.571. The predicted molar refractivity (Wildman–Crippen MR) is 83.2 cm³/mol. The van der Waals surface area contributed by atoms with Gasteiger partial charge in [-0.25, -0.2) is 9.97 Å². The van der Waals surface area contributed by atoms with E-state index in [2.05, 4.69) is 27.6 Å². The van der Waals surface area contributed by atoms with Crippen molar-refractivity contribution < 1.29 is 0 Å². The Morgan fingerprint density at radius 3 is 2.95 bits per heavy atom. The number of rotatable bonds is 4. The average molecular weight is 293 g/mol. The highest BCUT2D eigenvalue weighted by atomic mass is 32.1. The van der Waals surface area contributed by atoms with Gasteiger partial charge in [0.25, 0.3) is 0 Å². The number of hydrogen-bond acceptors (Lipinski definition) is 5. The van der Waals surface area contributed by atoms with Crippen LogP contribution in [0.25, 0.3) is 10.6 Å². The first-order chi connectivity index (χ1) is 9.36. The van der Waals surface area contributed by atoms with Gasteiger partial charge in [-0.2, -0.15) is 0 Å². The van der Waals surface area contributed by atoms with Crippen molar-refractivity contribution in [1.29, 1.82) is 0 Å². The fourth-order valence-electron chi connectivity index (χ4n) is 2.56. The predicted octanol–water partition coefficient (Wildman–Crippen LogP) is 4.75. The van der Waals surface area contributed by atoms with Gasteiger partial charge in [-0.05, 0) is 19.8 Å². The molecule has 0 aromatic carbocycles. The summed E-state index contributed by atoms with van der Waals surface area (Å²) >= 11 is 3.50. The minimum Gasteiger partial charge on any atom is -0.362 e. The van der Waals surface area contributed by atoms with Gasteiger partial charge in [0, 0.05) is 24.0 Å². The van der Waals surface area contributed by atoms with Crippen LogP contribution in [0.15, 0.2) is 11.6 Å². The van der Waals surface area contributed by atoms with Gasteiger partial charge in [-0.15, -0.1) is 22.7 Å². The highest BCUT2D eigenvalue weighted by Gasteiger charge is 2.19. The molecule has 2 heterocycles. The first kappa shape index (κ1) is 13.1. The lowest BCUT2D eigenvalue weighted by atomic mass is 9.90. The van der Waals surface area contributed by atoms with Gasteiger partial charge < -0.3 is 5.32 Å². The summed E-state index contributed by atoms with van der Waals surface area (Å²) in [5.74, 6) is 0.694.